The van der Waals surface area contributed by atoms with Gasteiger partial charge in [0, 0.05) is 17.2 Å². The fourth-order valence-electron chi connectivity index (χ4n) is 2.60. The van der Waals surface area contributed by atoms with E-state index in [0.29, 0.717) is 11.3 Å². The summed E-state index contributed by atoms with van der Waals surface area (Å²) in [6.07, 6.45) is -2.41. The van der Waals surface area contributed by atoms with Crippen LogP contribution in [0.5, 0.6) is 5.88 Å². The largest absolute Gasteiger partial charge is 0.465 e. The van der Waals surface area contributed by atoms with Crippen molar-refractivity contribution in [2.45, 2.75) is 35.7 Å². The van der Waals surface area contributed by atoms with E-state index in [0.717, 1.165) is 30.3 Å². The lowest BCUT2D eigenvalue weighted by Crippen LogP contribution is -2.39. The Hall–Kier alpha value is -3.36. The molecule has 2 rings (SSSR count). The molecule has 0 atom stereocenters. The van der Waals surface area contributed by atoms with Gasteiger partial charge >= 0.3 is 12.1 Å². The van der Waals surface area contributed by atoms with Crippen LogP contribution < -0.4 is 20.9 Å². The lowest BCUT2D eigenvalue weighted by Gasteiger charge is -2.25. The van der Waals surface area contributed by atoms with Crippen molar-refractivity contribution < 1.29 is 41.4 Å². The molecule has 0 saturated carbocycles. The molecule has 0 spiro atoms. The SMILES string of the molecule is CCCCOC(=O)COc1ncccc1Sc1cc(N(N)/C(=C\C(=O)NC=O)C(F)(F)F)c(F)cc1Cl. The van der Waals surface area contributed by atoms with Gasteiger partial charge in [0.2, 0.25) is 12.3 Å². The number of nitrogens with zero attached hydrogens (tertiary/aromatic N) is 2. The van der Waals surface area contributed by atoms with Crippen molar-refractivity contribution >= 4 is 47.3 Å². The number of imide groups is 1. The van der Waals surface area contributed by atoms with Crippen LogP contribution in [0.1, 0.15) is 19.8 Å². The molecule has 0 aliphatic carbocycles. The van der Waals surface area contributed by atoms with E-state index in [1.54, 1.807) is 0 Å². The number of allylic oxidation sites excluding steroid dienone is 1. The number of aromatic nitrogens is 1. The molecule has 0 unspecified atom stereocenters. The number of benzene rings is 1. The Morgan fingerprint density at radius 1 is 1.30 bits per heavy atom. The minimum absolute atomic E-state index is 0.00190. The van der Waals surface area contributed by atoms with Gasteiger partial charge < -0.3 is 9.47 Å². The molecule has 37 heavy (non-hydrogen) atoms. The molecular weight excluding hydrogens is 544 g/mol. The van der Waals surface area contributed by atoms with Crippen molar-refractivity contribution in [1.29, 1.82) is 0 Å². The first kappa shape index (κ1) is 29.9. The summed E-state index contributed by atoms with van der Waals surface area (Å²) in [7, 11) is 0. The van der Waals surface area contributed by atoms with Gasteiger partial charge in [-0.3, -0.25) is 19.9 Å². The maximum absolute atomic E-state index is 14.6. The first-order chi connectivity index (χ1) is 17.5. The maximum atomic E-state index is 14.6. The van der Waals surface area contributed by atoms with E-state index in [1.807, 2.05) is 6.92 Å². The first-order valence-electron chi connectivity index (χ1n) is 10.5. The number of esters is 1. The Bertz CT molecular complexity index is 1170. The predicted molar refractivity (Wildman–Crippen MR) is 126 cm³/mol. The third-order valence-electron chi connectivity index (χ3n) is 4.32. The highest BCUT2D eigenvalue weighted by molar-refractivity contribution is 7.99. The number of unbranched alkanes of at least 4 members (excludes halogenated alkanes) is 1. The number of halogens is 5. The molecule has 1 aromatic heterocycles. The first-order valence-corrected chi connectivity index (χ1v) is 11.7. The van der Waals surface area contributed by atoms with Gasteiger partial charge in [0.1, 0.15) is 11.5 Å². The number of alkyl halides is 3. The Balaban J connectivity index is 2.34. The van der Waals surface area contributed by atoms with Gasteiger partial charge in [0.05, 0.1) is 22.2 Å². The molecule has 0 saturated heterocycles. The smallest absolute Gasteiger partial charge is 0.433 e. The highest BCUT2D eigenvalue weighted by Crippen LogP contribution is 2.41. The van der Waals surface area contributed by atoms with Crippen LogP contribution in [0.25, 0.3) is 0 Å². The van der Waals surface area contributed by atoms with E-state index in [1.165, 1.54) is 23.6 Å². The van der Waals surface area contributed by atoms with E-state index in [-0.39, 0.29) is 39.9 Å². The number of amides is 2. The Labute approximate surface area is 217 Å². The number of nitrogens with one attached hydrogen (secondary N) is 1. The van der Waals surface area contributed by atoms with Crippen LogP contribution in [0.15, 0.2) is 52.0 Å². The summed E-state index contributed by atoms with van der Waals surface area (Å²) in [5.74, 6) is 2.26. The lowest BCUT2D eigenvalue weighted by atomic mass is 10.2. The molecule has 0 fully saturated rings. The van der Waals surface area contributed by atoms with Crippen LogP contribution in [0.2, 0.25) is 5.02 Å². The Kier molecular flexibility index (Phi) is 11.1. The molecule has 1 heterocycles. The van der Waals surface area contributed by atoms with Gasteiger partial charge in [-0.25, -0.2) is 20.0 Å². The minimum atomic E-state index is -5.19. The van der Waals surface area contributed by atoms with Gasteiger partial charge in [-0.15, -0.1) is 0 Å². The second kappa shape index (κ2) is 13.8. The van der Waals surface area contributed by atoms with Crippen LogP contribution in [0, 0.1) is 5.82 Å². The third kappa shape index (κ3) is 8.91. The number of carbonyl (C=O) groups excluding carboxylic acids is 3. The summed E-state index contributed by atoms with van der Waals surface area (Å²) in [5.41, 5.74) is -2.53. The number of ether oxygens (including phenoxy) is 2. The number of hydrogen-bond acceptors (Lipinski definition) is 9. The van der Waals surface area contributed by atoms with Crippen LogP contribution in [-0.2, 0) is 19.1 Å². The Morgan fingerprint density at radius 3 is 2.68 bits per heavy atom. The molecule has 1 aromatic carbocycles. The molecule has 9 nitrogen and oxygen atoms in total. The van der Waals surface area contributed by atoms with Crippen LogP contribution in [0.4, 0.5) is 23.2 Å². The molecule has 0 radical (unpaired) electrons. The van der Waals surface area contributed by atoms with Gasteiger partial charge in [-0.05, 0) is 30.7 Å². The summed E-state index contributed by atoms with van der Waals surface area (Å²) in [6.45, 7) is 1.72. The van der Waals surface area contributed by atoms with Gasteiger partial charge in [0.15, 0.2) is 6.61 Å². The molecule has 0 aliphatic rings. The zero-order valence-electron chi connectivity index (χ0n) is 19.2. The van der Waals surface area contributed by atoms with E-state index in [9.17, 15) is 31.9 Å². The highest BCUT2D eigenvalue weighted by atomic mass is 35.5. The summed E-state index contributed by atoms with van der Waals surface area (Å²) in [5, 5.41) is 1.25. The zero-order chi connectivity index (χ0) is 27.6. The van der Waals surface area contributed by atoms with E-state index in [4.69, 9.17) is 26.9 Å². The van der Waals surface area contributed by atoms with Crippen molar-refractivity contribution in [2.75, 3.05) is 18.2 Å². The van der Waals surface area contributed by atoms with Crippen molar-refractivity contribution in [3.8, 4) is 5.88 Å². The fraction of sp³-hybridized carbons (Fsp3) is 0.273. The van der Waals surface area contributed by atoms with Crippen molar-refractivity contribution in [2.24, 2.45) is 5.84 Å². The molecule has 15 heteroatoms. The van der Waals surface area contributed by atoms with Crippen molar-refractivity contribution in [1.82, 2.24) is 10.3 Å². The molecule has 0 aliphatic heterocycles. The summed E-state index contributed by atoms with van der Waals surface area (Å²) < 4.78 is 65.6. The molecule has 3 N–H and O–H groups in total. The molecule has 2 aromatic rings. The second-order valence-corrected chi connectivity index (χ2v) is 8.52. The lowest BCUT2D eigenvalue weighted by molar-refractivity contribution is -0.146. The van der Waals surface area contributed by atoms with Gasteiger partial charge in [-0.2, -0.15) is 13.2 Å². The molecule has 0 bridgehead atoms. The van der Waals surface area contributed by atoms with Crippen LogP contribution >= 0.6 is 23.4 Å². The van der Waals surface area contributed by atoms with Crippen molar-refractivity contribution in [3.05, 3.63) is 53.1 Å². The van der Waals surface area contributed by atoms with Gasteiger partial charge in [-0.1, -0.05) is 36.7 Å². The quantitative estimate of drug-likeness (QED) is 0.0744. The number of rotatable bonds is 12. The predicted octanol–water partition coefficient (Wildman–Crippen LogP) is 4.15. The number of hydrogen-bond donors (Lipinski definition) is 2. The average molecular weight is 565 g/mol. The second-order valence-electron chi connectivity index (χ2n) is 7.03. The number of nitrogens with two attached hydrogens (primary N) is 1. The number of pyridine rings is 1. The average Bonchev–Trinajstić information content (AvgIpc) is 2.83. The summed E-state index contributed by atoms with van der Waals surface area (Å²) in [4.78, 5) is 38.1. The highest BCUT2D eigenvalue weighted by Gasteiger charge is 2.39. The fourth-order valence-corrected chi connectivity index (χ4v) is 3.78. The van der Waals surface area contributed by atoms with Gasteiger partial charge in [0.25, 0.3) is 5.91 Å². The zero-order valence-corrected chi connectivity index (χ0v) is 20.8. The van der Waals surface area contributed by atoms with E-state index >= 15 is 0 Å². The molecule has 2 amide bonds. The van der Waals surface area contributed by atoms with E-state index in [2.05, 4.69) is 4.98 Å². The van der Waals surface area contributed by atoms with Crippen LogP contribution in [0.3, 0.4) is 0 Å². The summed E-state index contributed by atoms with van der Waals surface area (Å²) >= 11 is 6.96. The standard InChI is InChI=1S/C22H21ClF4N4O5S/c1-2-3-7-35-20(34)11-36-21-16(5-4-6-29-21)37-17-9-15(14(24)8-13(17)23)31(28)18(22(25,26)27)10-19(33)30-12-32/h4-6,8-10,12H,2-3,7,11,28H2,1H3,(H,30,32,33)/b18-10-. The van der Waals surface area contributed by atoms with E-state index < -0.39 is 41.9 Å². The maximum Gasteiger partial charge on any atom is 0.433 e. The van der Waals surface area contributed by atoms with Crippen molar-refractivity contribution in [3.63, 3.8) is 0 Å². The monoisotopic (exact) mass is 564 g/mol. The van der Waals surface area contributed by atoms with Crippen LogP contribution in [-0.4, -0.2) is 42.7 Å². The molecular formula is C22H21ClF4N4O5S. The third-order valence-corrected chi connectivity index (χ3v) is 5.84. The summed E-state index contributed by atoms with van der Waals surface area (Å²) in [6, 6.07) is 4.72. The normalized spacial score (nSPS) is 11.6. The number of anilines is 1. The topological polar surface area (TPSA) is 124 Å². The molecule has 200 valence electrons. The Morgan fingerprint density at radius 2 is 2.03 bits per heavy atom. The number of hydrazine groups is 1. The number of carbonyl (C=O) groups is 3. The minimum Gasteiger partial charge on any atom is -0.465 e.